The van der Waals surface area contributed by atoms with Crippen LogP contribution in [0.4, 0.5) is 0 Å². The van der Waals surface area contributed by atoms with E-state index in [1.165, 1.54) is 6.42 Å². The molecule has 3 heterocycles. The van der Waals surface area contributed by atoms with Crippen molar-refractivity contribution in [2.24, 2.45) is 5.92 Å². The molecule has 0 bridgehead atoms. The number of carbonyl (C=O) groups excluding carboxylic acids is 1. The van der Waals surface area contributed by atoms with Crippen LogP contribution in [0.3, 0.4) is 0 Å². The van der Waals surface area contributed by atoms with Crippen molar-refractivity contribution in [2.45, 2.75) is 63.1 Å². The largest absolute Gasteiger partial charge is 0.381 e. The number of ketones is 1. The molecule has 3 aliphatic heterocycles. The van der Waals surface area contributed by atoms with Gasteiger partial charge in [-0.25, -0.2) is 0 Å². The number of Topliss-reactive ketones (excluding diaryl/α,β-unsaturated/α-hetero) is 1. The van der Waals surface area contributed by atoms with Gasteiger partial charge >= 0.3 is 0 Å². The van der Waals surface area contributed by atoms with Crippen LogP contribution in [-0.4, -0.2) is 43.9 Å². The Balaban J connectivity index is 1.54. The van der Waals surface area contributed by atoms with E-state index in [9.17, 15) is 4.79 Å². The molecule has 0 saturated carbocycles. The molecule has 4 heteroatoms. The second-order valence-electron chi connectivity index (χ2n) is 6.49. The molecule has 0 N–H and O–H groups in total. The summed E-state index contributed by atoms with van der Waals surface area (Å²) in [5.74, 6) is 0.568. The van der Waals surface area contributed by atoms with Crippen LogP contribution in [-0.2, 0) is 19.0 Å². The van der Waals surface area contributed by atoms with Crippen molar-refractivity contribution >= 4 is 5.78 Å². The topological polar surface area (TPSA) is 44.8 Å². The van der Waals surface area contributed by atoms with Gasteiger partial charge in [0.25, 0.3) is 0 Å². The second-order valence-corrected chi connectivity index (χ2v) is 6.49. The van der Waals surface area contributed by atoms with Gasteiger partial charge < -0.3 is 14.2 Å². The molecule has 1 spiro atoms. The van der Waals surface area contributed by atoms with E-state index in [2.05, 4.69) is 0 Å². The van der Waals surface area contributed by atoms with Crippen LogP contribution in [0.2, 0.25) is 0 Å². The fourth-order valence-corrected chi connectivity index (χ4v) is 3.75. The van der Waals surface area contributed by atoms with Crippen LogP contribution in [0.15, 0.2) is 0 Å². The first-order valence-electron chi connectivity index (χ1n) is 8.13. The highest BCUT2D eigenvalue weighted by Gasteiger charge is 2.41. The van der Waals surface area contributed by atoms with Gasteiger partial charge in [-0.2, -0.15) is 0 Å². The Labute approximate surface area is 121 Å². The van der Waals surface area contributed by atoms with E-state index in [-0.39, 0.29) is 17.6 Å². The number of hydrogen-bond acceptors (Lipinski definition) is 4. The van der Waals surface area contributed by atoms with Crippen LogP contribution in [0.5, 0.6) is 0 Å². The van der Waals surface area contributed by atoms with E-state index < -0.39 is 0 Å². The molecule has 0 amide bonds. The lowest BCUT2D eigenvalue weighted by molar-refractivity contribution is -0.158. The first-order valence-corrected chi connectivity index (χ1v) is 8.13. The number of carbonyl (C=O) groups is 1. The standard InChI is InChI=1S/C16H26O4/c17-15(11-14-3-1-2-7-19-14)13-4-8-20-16(12-13)5-9-18-10-6-16/h13-14H,1-12H2. The highest BCUT2D eigenvalue weighted by molar-refractivity contribution is 5.81. The Morgan fingerprint density at radius 2 is 1.90 bits per heavy atom. The summed E-state index contributed by atoms with van der Waals surface area (Å²) in [7, 11) is 0. The van der Waals surface area contributed by atoms with E-state index in [4.69, 9.17) is 14.2 Å². The fourth-order valence-electron chi connectivity index (χ4n) is 3.75. The lowest BCUT2D eigenvalue weighted by Crippen LogP contribution is -2.46. The Kier molecular flexibility index (Phi) is 4.74. The third-order valence-electron chi connectivity index (χ3n) is 5.06. The molecule has 0 aromatic heterocycles. The Morgan fingerprint density at radius 3 is 2.65 bits per heavy atom. The molecule has 0 aliphatic carbocycles. The normalized spacial score (nSPS) is 34.0. The van der Waals surface area contributed by atoms with Crippen molar-refractivity contribution in [1.82, 2.24) is 0 Å². The molecule has 3 aliphatic rings. The summed E-state index contributed by atoms with van der Waals surface area (Å²) in [6, 6.07) is 0. The minimum absolute atomic E-state index is 0.0791. The summed E-state index contributed by atoms with van der Waals surface area (Å²) >= 11 is 0. The minimum Gasteiger partial charge on any atom is -0.381 e. The summed E-state index contributed by atoms with van der Waals surface area (Å²) in [5, 5.41) is 0. The third kappa shape index (κ3) is 3.41. The van der Waals surface area contributed by atoms with Crippen molar-refractivity contribution in [3.8, 4) is 0 Å². The van der Waals surface area contributed by atoms with E-state index in [1.54, 1.807) is 0 Å². The number of hydrogen-bond donors (Lipinski definition) is 0. The summed E-state index contributed by atoms with van der Waals surface area (Å²) in [6.07, 6.45) is 7.83. The van der Waals surface area contributed by atoms with Crippen LogP contribution in [0.1, 0.15) is 51.4 Å². The monoisotopic (exact) mass is 282 g/mol. The molecule has 2 atom stereocenters. The quantitative estimate of drug-likeness (QED) is 0.798. The second kappa shape index (κ2) is 6.54. The van der Waals surface area contributed by atoms with Crippen LogP contribution in [0, 0.1) is 5.92 Å². The fraction of sp³-hybridized carbons (Fsp3) is 0.938. The Bertz CT molecular complexity index is 324. The summed E-state index contributed by atoms with van der Waals surface area (Å²) in [4.78, 5) is 12.5. The average molecular weight is 282 g/mol. The summed E-state index contributed by atoms with van der Waals surface area (Å²) in [5.41, 5.74) is -0.0791. The SMILES string of the molecule is O=C(CC1CCCCO1)C1CCOC2(CCOCC2)C1. The van der Waals surface area contributed by atoms with Crippen molar-refractivity contribution < 1.29 is 19.0 Å². The van der Waals surface area contributed by atoms with Crippen molar-refractivity contribution in [3.63, 3.8) is 0 Å². The van der Waals surface area contributed by atoms with Crippen LogP contribution >= 0.6 is 0 Å². The molecular formula is C16H26O4. The zero-order valence-corrected chi connectivity index (χ0v) is 12.3. The Hall–Kier alpha value is -0.450. The van der Waals surface area contributed by atoms with Crippen LogP contribution < -0.4 is 0 Å². The first kappa shape index (κ1) is 14.5. The van der Waals surface area contributed by atoms with Gasteiger partial charge in [0.05, 0.1) is 11.7 Å². The van der Waals surface area contributed by atoms with Gasteiger partial charge in [-0.05, 0) is 44.9 Å². The molecule has 20 heavy (non-hydrogen) atoms. The van der Waals surface area contributed by atoms with Gasteiger partial charge in [0.1, 0.15) is 5.78 Å². The average Bonchev–Trinajstić information content (AvgIpc) is 2.49. The molecule has 4 nitrogen and oxygen atoms in total. The van der Waals surface area contributed by atoms with Gasteiger partial charge in [-0.1, -0.05) is 0 Å². The predicted octanol–water partition coefficient (Wildman–Crippen LogP) is 2.49. The molecule has 2 unspecified atom stereocenters. The van der Waals surface area contributed by atoms with Gasteiger partial charge in [0.15, 0.2) is 0 Å². The predicted molar refractivity (Wildman–Crippen MR) is 74.7 cm³/mol. The molecule has 3 fully saturated rings. The molecule has 114 valence electrons. The smallest absolute Gasteiger partial charge is 0.138 e. The van der Waals surface area contributed by atoms with E-state index in [0.29, 0.717) is 12.2 Å². The van der Waals surface area contributed by atoms with E-state index in [1.807, 2.05) is 0 Å². The molecule has 0 aromatic rings. The lowest BCUT2D eigenvalue weighted by Gasteiger charge is -2.43. The third-order valence-corrected chi connectivity index (χ3v) is 5.06. The first-order chi connectivity index (χ1) is 9.77. The maximum Gasteiger partial charge on any atom is 0.138 e. The summed E-state index contributed by atoms with van der Waals surface area (Å²) in [6.45, 7) is 3.09. The highest BCUT2D eigenvalue weighted by atomic mass is 16.5. The molecule has 3 rings (SSSR count). The van der Waals surface area contributed by atoms with Gasteiger partial charge in [0, 0.05) is 38.8 Å². The number of rotatable bonds is 3. The van der Waals surface area contributed by atoms with E-state index >= 15 is 0 Å². The molecule has 0 aromatic carbocycles. The van der Waals surface area contributed by atoms with Crippen molar-refractivity contribution in [3.05, 3.63) is 0 Å². The maximum atomic E-state index is 12.5. The van der Waals surface area contributed by atoms with Gasteiger partial charge in [0.2, 0.25) is 0 Å². The Morgan fingerprint density at radius 1 is 1.05 bits per heavy atom. The number of ether oxygens (including phenoxy) is 3. The highest BCUT2D eigenvalue weighted by Crippen LogP contribution is 2.38. The lowest BCUT2D eigenvalue weighted by atomic mass is 9.78. The van der Waals surface area contributed by atoms with Gasteiger partial charge in [-0.15, -0.1) is 0 Å². The van der Waals surface area contributed by atoms with Crippen molar-refractivity contribution in [1.29, 1.82) is 0 Å². The zero-order valence-electron chi connectivity index (χ0n) is 12.3. The molecule has 3 saturated heterocycles. The van der Waals surface area contributed by atoms with Crippen molar-refractivity contribution in [2.75, 3.05) is 26.4 Å². The summed E-state index contributed by atoms with van der Waals surface area (Å²) < 4.78 is 17.1. The van der Waals surface area contributed by atoms with E-state index in [0.717, 1.165) is 65.0 Å². The van der Waals surface area contributed by atoms with Gasteiger partial charge in [-0.3, -0.25) is 4.79 Å². The maximum absolute atomic E-state index is 12.5. The zero-order chi connectivity index (χ0) is 13.8. The molecular weight excluding hydrogens is 256 g/mol. The van der Waals surface area contributed by atoms with Crippen LogP contribution in [0.25, 0.3) is 0 Å². The molecule has 0 radical (unpaired) electrons. The minimum atomic E-state index is -0.0791.